The summed E-state index contributed by atoms with van der Waals surface area (Å²) in [6, 6.07) is 7.75. The summed E-state index contributed by atoms with van der Waals surface area (Å²) in [5.41, 5.74) is 0.543. The van der Waals surface area contributed by atoms with Crippen LogP contribution in [-0.2, 0) is 20.5 Å². The Bertz CT molecular complexity index is 775. The molecule has 0 spiro atoms. The van der Waals surface area contributed by atoms with Gasteiger partial charge in [0.15, 0.2) is 5.54 Å². The molecular formula is C18H23N3O3. The lowest BCUT2D eigenvalue weighted by atomic mass is 9.81. The number of aryl methyl sites for hydroxylation is 1. The molecule has 0 aliphatic carbocycles. The number of carboxylic acids is 1. The molecule has 0 aliphatic heterocycles. The maximum Gasteiger partial charge on any atom is 0.331 e. The minimum absolute atomic E-state index is 0.176. The van der Waals surface area contributed by atoms with Crippen LogP contribution in [0.3, 0.4) is 0 Å². The van der Waals surface area contributed by atoms with Gasteiger partial charge in [-0.15, -0.1) is 0 Å². The Morgan fingerprint density at radius 3 is 2.38 bits per heavy atom. The number of carbonyl (C=O) groups excluding carboxylic acids is 1. The van der Waals surface area contributed by atoms with Crippen LogP contribution in [-0.4, -0.2) is 26.8 Å². The molecule has 0 unspecified atom stereocenters. The highest BCUT2D eigenvalue weighted by atomic mass is 16.4. The van der Waals surface area contributed by atoms with Crippen LogP contribution in [0.15, 0.2) is 36.7 Å². The molecule has 0 aliphatic rings. The van der Waals surface area contributed by atoms with Gasteiger partial charge in [-0.1, -0.05) is 24.3 Å². The third kappa shape index (κ3) is 3.18. The van der Waals surface area contributed by atoms with Crippen LogP contribution >= 0.6 is 0 Å². The molecule has 0 radical (unpaired) electrons. The molecule has 2 rings (SSSR count). The molecule has 0 saturated carbocycles. The summed E-state index contributed by atoms with van der Waals surface area (Å²) in [5, 5.41) is 16.1. The molecule has 6 nitrogen and oxygen atoms in total. The molecule has 1 amide bonds. The topological polar surface area (TPSA) is 84.2 Å². The van der Waals surface area contributed by atoms with Gasteiger partial charge in [-0.3, -0.25) is 9.48 Å². The minimum Gasteiger partial charge on any atom is -0.479 e. The molecule has 6 heteroatoms. The van der Waals surface area contributed by atoms with Crippen molar-refractivity contribution in [2.24, 2.45) is 0 Å². The van der Waals surface area contributed by atoms with Gasteiger partial charge in [-0.25, -0.2) is 4.79 Å². The van der Waals surface area contributed by atoms with E-state index in [-0.39, 0.29) is 5.91 Å². The van der Waals surface area contributed by atoms with Crippen LogP contribution < -0.4 is 5.32 Å². The largest absolute Gasteiger partial charge is 0.479 e. The van der Waals surface area contributed by atoms with Crippen LogP contribution in [0.4, 0.5) is 5.69 Å². The second-order valence-electron chi connectivity index (χ2n) is 6.93. The number of amides is 1. The first-order valence-corrected chi connectivity index (χ1v) is 7.73. The number of hydrogen-bond donors (Lipinski definition) is 2. The quantitative estimate of drug-likeness (QED) is 0.883. The van der Waals surface area contributed by atoms with Crippen molar-refractivity contribution < 1.29 is 14.7 Å². The van der Waals surface area contributed by atoms with Crippen molar-refractivity contribution >= 4 is 17.6 Å². The maximum absolute atomic E-state index is 12.7. The van der Waals surface area contributed by atoms with Crippen LogP contribution in [0.25, 0.3) is 0 Å². The van der Waals surface area contributed by atoms with Gasteiger partial charge in [-0.2, -0.15) is 5.10 Å². The van der Waals surface area contributed by atoms with E-state index in [1.54, 1.807) is 13.8 Å². The number of rotatable bonds is 5. The van der Waals surface area contributed by atoms with Crippen molar-refractivity contribution in [3.8, 4) is 0 Å². The SMILES string of the molecule is Cc1ccccc1C(C)(C)C(=O)Nc1cnn(C(C)(C)C(=O)O)c1. The van der Waals surface area contributed by atoms with Crippen LogP contribution in [0.5, 0.6) is 0 Å². The Kier molecular flexibility index (Phi) is 4.51. The van der Waals surface area contributed by atoms with Crippen LogP contribution in [0.1, 0.15) is 38.8 Å². The predicted molar refractivity (Wildman–Crippen MR) is 92.0 cm³/mol. The average Bonchev–Trinajstić information content (AvgIpc) is 2.96. The Hall–Kier alpha value is -2.63. The Balaban J connectivity index is 2.23. The van der Waals surface area contributed by atoms with Gasteiger partial charge >= 0.3 is 5.97 Å². The van der Waals surface area contributed by atoms with Gasteiger partial charge in [0.05, 0.1) is 17.3 Å². The Morgan fingerprint density at radius 1 is 1.17 bits per heavy atom. The molecule has 0 bridgehead atoms. The summed E-state index contributed by atoms with van der Waals surface area (Å²) in [4.78, 5) is 24.0. The molecule has 0 fully saturated rings. The number of nitrogens with zero attached hydrogens (tertiary/aromatic N) is 2. The summed E-state index contributed by atoms with van der Waals surface area (Å²) in [6.07, 6.45) is 2.98. The van der Waals surface area contributed by atoms with Crippen molar-refractivity contribution in [3.63, 3.8) is 0 Å². The molecule has 0 saturated heterocycles. The zero-order valence-electron chi connectivity index (χ0n) is 14.6. The molecule has 1 heterocycles. The van der Waals surface area contributed by atoms with Gasteiger partial charge in [0.25, 0.3) is 0 Å². The summed E-state index contributed by atoms with van der Waals surface area (Å²) in [5.74, 6) is -1.17. The van der Waals surface area contributed by atoms with Crippen LogP contribution in [0, 0.1) is 6.92 Å². The van der Waals surface area contributed by atoms with E-state index in [1.165, 1.54) is 17.1 Å². The fraction of sp³-hybridized carbons (Fsp3) is 0.389. The van der Waals surface area contributed by atoms with E-state index in [4.69, 9.17) is 0 Å². The molecule has 24 heavy (non-hydrogen) atoms. The summed E-state index contributed by atoms with van der Waals surface area (Å²) in [6.45, 7) is 8.78. The third-order valence-electron chi connectivity index (χ3n) is 4.32. The van der Waals surface area contributed by atoms with Crippen LogP contribution in [0.2, 0.25) is 0 Å². The molecular weight excluding hydrogens is 306 g/mol. The van der Waals surface area contributed by atoms with Gasteiger partial charge in [-0.05, 0) is 45.7 Å². The average molecular weight is 329 g/mol. The minimum atomic E-state index is -1.19. The number of aromatic nitrogens is 2. The highest BCUT2D eigenvalue weighted by Crippen LogP contribution is 2.28. The zero-order valence-corrected chi connectivity index (χ0v) is 14.6. The second kappa shape index (κ2) is 6.11. The Morgan fingerprint density at radius 2 is 1.79 bits per heavy atom. The van der Waals surface area contributed by atoms with E-state index in [0.29, 0.717) is 5.69 Å². The lowest BCUT2D eigenvalue weighted by Crippen LogP contribution is -2.36. The third-order valence-corrected chi connectivity index (χ3v) is 4.32. The first-order valence-electron chi connectivity index (χ1n) is 7.73. The smallest absolute Gasteiger partial charge is 0.331 e. The number of benzene rings is 1. The summed E-state index contributed by atoms with van der Waals surface area (Å²) < 4.78 is 1.33. The summed E-state index contributed by atoms with van der Waals surface area (Å²) in [7, 11) is 0. The van der Waals surface area contributed by atoms with E-state index in [1.807, 2.05) is 45.0 Å². The van der Waals surface area contributed by atoms with E-state index in [0.717, 1.165) is 11.1 Å². The number of carbonyl (C=O) groups is 2. The predicted octanol–water partition coefficient (Wildman–Crippen LogP) is 2.93. The molecule has 2 N–H and O–H groups in total. The molecule has 1 aromatic carbocycles. The first kappa shape index (κ1) is 17.7. The van der Waals surface area contributed by atoms with E-state index in [9.17, 15) is 14.7 Å². The molecule has 0 atom stereocenters. The lowest BCUT2D eigenvalue weighted by Gasteiger charge is -2.25. The molecule has 2 aromatic rings. The highest BCUT2D eigenvalue weighted by Gasteiger charge is 2.33. The van der Waals surface area contributed by atoms with Gasteiger partial charge < -0.3 is 10.4 Å². The van der Waals surface area contributed by atoms with Crippen molar-refractivity contribution in [3.05, 3.63) is 47.8 Å². The van der Waals surface area contributed by atoms with Crippen molar-refractivity contribution in [1.82, 2.24) is 9.78 Å². The lowest BCUT2D eigenvalue weighted by molar-refractivity contribution is -0.146. The maximum atomic E-state index is 12.7. The number of carboxylic acid groups (broad SMARTS) is 1. The number of nitrogens with one attached hydrogen (secondary N) is 1. The van der Waals surface area contributed by atoms with E-state index < -0.39 is 16.9 Å². The highest BCUT2D eigenvalue weighted by molar-refractivity contribution is 5.98. The first-order chi connectivity index (χ1) is 11.1. The number of hydrogen-bond acceptors (Lipinski definition) is 3. The second-order valence-corrected chi connectivity index (χ2v) is 6.93. The van der Waals surface area contributed by atoms with Gasteiger partial charge in [0.1, 0.15) is 0 Å². The standard InChI is InChI=1S/C18H23N3O3/c1-12-8-6-7-9-14(12)17(2,3)15(22)20-13-10-19-21(11-13)18(4,5)16(23)24/h6-11H,1-5H3,(H,20,22)(H,23,24). The van der Waals surface area contributed by atoms with Gasteiger partial charge in [0.2, 0.25) is 5.91 Å². The zero-order chi connectivity index (χ0) is 18.1. The monoisotopic (exact) mass is 329 g/mol. The summed E-state index contributed by atoms with van der Waals surface area (Å²) >= 11 is 0. The van der Waals surface area contributed by atoms with E-state index in [2.05, 4.69) is 10.4 Å². The normalized spacial score (nSPS) is 12.0. The van der Waals surface area contributed by atoms with E-state index >= 15 is 0 Å². The fourth-order valence-electron chi connectivity index (χ4n) is 2.47. The number of aliphatic carboxylic acids is 1. The van der Waals surface area contributed by atoms with Crippen molar-refractivity contribution in [2.45, 2.75) is 45.6 Å². The van der Waals surface area contributed by atoms with Crippen molar-refractivity contribution in [1.29, 1.82) is 0 Å². The molecule has 128 valence electrons. The number of anilines is 1. The molecule has 1 aromatic heterocycles. The van der Waals surface area contributed by atoms with Crippen molar-refractivity contribution in [2.75, 3.05) is 5.32 Å². The Labute approximate surface area is 141 Å². The van der Waals surface area contributed by atoms with Gasteiger partial charge in [0, 0.05) is 6.20 Å². The fourth-order valence-corrected chi connectivity index (χ4v) is 2.47.